The van der Waals surface area contributed by atoms with Crippen molar-refractivity contribution in [3.63, 3.8) is 0 Å². The zero-order valence-electron chi connectivity index (χ0n) is 10.5. The molecule has 22 heavy (non-hydrogen) atoms. The Kier molecular flexibility index (Phi) is 20.0. The van der Waals surface area contributed by atoms with E-state index in [0.717, 1.165) is 0 Å². The summed E-state index contributed by atoms with van der Waals surface area (Å²) in [6, 6.07) is 0. The van der Waals surface area contributed by atoms with Crippen molar-refractivity contribution >= 4 is 73.1 Å². The standard InChI is InChI=1S/C5H11N.3BF4.K.H/c1-6-4-2-3-5-6;3*2-1(3,4)5;;/h2-5H2,1H3;;;;;/q;3*-1;;. The molecule has 134 valence electrons. The van der Waals surface area contributed by atoms with Gasteiger partial charge in [0.05, 0.1) is 0 Å². The van der Waals surface area contributed by atoms with Gasteiger partial charge in [-0.05, 0) is 33.0 Å². The first kappa shape index (κ1) is 30.8. The Morgan fingerprint density at radius 3 is 0.727 bits per heavy atom. The van der Waals surface area contributed by atoms with Gasteiger partial charge in [0, 0.05) is 0 Å². The van der Waals surface area contributed by atoms with Crippen LogP contribution in [0.3, 0.4) is 0 Å². The summed E-state index contributed by atoms with van der Waals surface area (Å²) in [5.41, 5.74) is 0. The zero-order valence-corrected chi connectivity index (χ0v) is 10.5. The first-order valence-electron chi connectivity index (χ1n) is 5.20. The fraction of sp³-hybridized carbons (Fsp3) is 1.00. The maximum atomic E-state index is 9.75. The quantitative estimate of drug-likeness (QED) is 0.451. The van der Waals surface area contributed by atoms with E-state index >= 15 is 0 Å². The second kappa shape index (κ2) is 14.3. The van der Waals surface area contributed by atoms with E-state index < -0.39 is 21.8 Å². The predicted octanol–water partition coefficient (Wildman–Crippen LogP) is 3.96. The summed E-state index contributed by atoms with van der Waals surface area (Å²) in [4.78, 5) is 2.36. The number of rotatable bonds is 0. The van der Waals surface area contributed by atoms with Crippen LogP contribution in [0, 0.1) is 0 Å². The minimum atomic E-state index is -6.00. The molecular weight excluding hydrogens is 374 g/mol. The Balaban J connectivity index is -0.0000000973. The van der Waals surface area contributed by atoms with Crippen molar-refractivity contribution in [2.75, 3.05) is 20.1 Å². The molecule has 0 aromatic heterocycles. The monoisotopic (exact) mass is 386 g/mol. The third-order valence-electron chi connectivity index (χ3n) is 1.33. The molecule has 1 heterocycles. The molecule has 17 heteroatoms. The van der Waals surface area contributed by atoms with Gasteiger partial charge in [-0.25, -0.2) is 0 Å². The Hall–Kier alpha value is 0.951. The predicted molar refractivity (Wildman–Crippen MR) is 64.4 cm³/mol. The molecule has 0 spiro atoms. The van der Waals surface area contributed by atoms with Crippen molar-refractivity contribution in [1.29, 1.82) is 0 Å². The number of hydrogen-bond acceptors (Lipinski definition) is 1. The van der Waals surface area contributed by atoms with Gasteiger partial charge < -0.3 is 56.7 Å². The van der Waals surface area contributed by atoms with E-state index in [-0.39, 0.29) is 51.4 Å². The van der Waals surface area contributed by atoms with Crippen LogP contribution in [0.25, 0.3) is 0 Å². The molecule has 0 bridgehead atoms. The van der Waals surface area contributed by atoms with Crippen LogP contribution >= 0.6 is 0 Å². The van der Waals surface area contributed by atoms with E-state index in [0.29, 0.717) is 0 Å². The van der Waals surface area contributed by atoms with Crippen LogP contribution in [0.15, 0.2) is 0 Å². The molecule has 0 saturated carbocycles. The third-order valence-corrected chi connectivity index (χ3v) is 1.33. The molecule has 1 saturated heterocycles. The summed E-state index contributed by atoms with van der Waals surface area (Å²) in [5.74, 6) is 0. The SMILES string of the molecule is CN1CCCC1.F[B-](F)(F)F.F[B-](F)(F)F.F[B-](F)(F)F.[KH]. The molecule has 0 aromatic rings. The summed E-state index contributed by atoms with van der Waals surface area (Å²) in [7, 11) is -15.8. The van der Waals surface area contributed by atoms with Crippen molar-refractivity contribution < 1.29 is 51.8 Å². The van der Waals surface area contributed by atoms with E-state index in [1.807, 2.05) is 0 Å². The van der Waals surface area contributed by atoms with E-state index in [4.69, 9.17) is 0 Å². The Bertz CT molecular complexity index is 190. The van der Waals surface area contributed by atoms with Crippen LogP contribution in [-0.4, -0.2) is 98.2 Å². The van der Waals surface area contributed by atoms with Gasteiger partial charge in [0.1, 0.15) is 0 Å². The van der Waals surface area contributed by atoms with Crippen molar-refractivity contribution in [3.8, 4) is 0 Å². The number of likely N-dealkylation sites (tertiary alicyclic amines) is 1. The number of hydrogen-bond donors (Lipinski definition) is 0. The molecule has 0 radical (unpaired) electrons. The number of nitrogens with zero attached hydrogens (tertiary/aromatic N) is 1. The summed E-state index contributed by atoms with van der Waals surface area (Å²) >= 11 is 0. The molecule has 1 aliphatic heterocycles. The van der Waals surface area contributed by atoms with Crippen molar-refractivity contribution in [3.05, 3.63) is 0 Å². The van der Waals surface area contributed by atoms with E-state index in [9.17, 15) is 51.8 Å². The van der Waals surface area contributed by atoms with Crippen LogP contribution in [0.5, 0.6) is 0 Å². The molecule has 1 aliphatic rings. The van der Waals surface area contributed by atoms with Gasteiger partial charge >= 0.3 is 73.1 Å². The van der Waals surface area contributed by atoms with Crippen LogP contribution in [0.4, 0.5) is 51.8 Å². The third kappa shape index (κ3) is 132. The zero-order chi connectivity index (χ0) is 17.9. The minimum absolute atomic E-state index is 0. The van der Waals surface area contributed by atoms with Gasteiger partial charge in [0.15, 0.2) is 0 Å². The second-order valence-corrected chi connectivity index (χ2v) is 3.49. The average Bonchev–Trinajstić information content (AvgIpc) is 2.44. The fourth-order valence-corrected chi connectivity index (χ4v) is 0.875. The molecule has 0 N–H and O–H groups in total. The first-order valence-corrected chi connectivity index (χ1v) is 5.20. The van der Waals surface area contributed by atoms with Crippen LogP contribution in [0.1, 0.15) is 12.8 Å². The normalized spacial score (nSPS) is 15.1. The van der Waals surface area contributed by atoms with Gasteiger partial charge in [-0.3, -0.25) is 0 Å². The average molecular weight is 386 g/mol. The van der Waals surface area contributed by atoms with E-state index in [2.05, 4.69) is 11.9 Å². The second-order valence-electron chi connectivity index (χ2n) is 3.49. The number of halogens is 12. The van der Waals surface area contributed by atoms with Crippen molar-refractivity contribution in [2.45, 2.75) is 12.8 Å². The maximum absolute atomic E-state index is 9.75. The van der Waals surface area contributed by atoms with Gasteiger partial charge in [0.25, 0.3) is 0 Å². The van der Waals surface area contributed by atoms with Crippen LogP contribution < -0.4 is 0 Å². The first-order chi connectivity index (χ1) is 8.89. The van der Waals surface area contributed by atoms with Gasteiger partial charge in [-0.1, -0.05) is 0 Å². The summed E-state index contributed by atoms with van der Waals surface area (Å²) in [5, 5.41) is 0. The Morgan fingerprint density at radius 1 is 0.545 bits per heavy atom. The van der Waals surface area contributed by atoms with Crippen LogP contribution in [0.2, 0.25) is 0 Å². The molecule has 0 aliphatic carbocycles. The van der Waals surface area contributed by atoms with Crippen molar-refractivity contribution in [1.82, 2.24) is 4.90 Å². The summed E-state index contributed by atoms with van der Waals surface area (Å²) in [6.45, 7) is 2.64. The molecule has 0 amide bonds. The molecule has 1 rings (SSSR count). The molecule has 1 fully saturated rings. The summed E-state index contributed by atoms with van der Waals surface area (Å²) < 4.78 is 117. The van der Waals surface area contributed by atoms with Gasteiger partial charge in [0.2, 0.25) is 0 Å². The van der Waals surface area contributed by atoms with Gasteiger partial charge in [-0.2, -0.15) is 0 Å². The molecule has 1 nitrogen and oxygen atoms in total. The Morgan fingerprint density at radius 2 is 0.682 bits per heavy atom. The van der Waals surface area contributed by atoms with Crippen LogP contribution in [-0.2, 0) is 0 Å². The molecular formula is C5H12B3F12KN-3. The van der Waals surface area contributed by atoms with E-state index in [1.165, 1.54) is 25.9 Å². The Labute approximate surface area is 161 Å². The molecule has 0 aromatic carbocycles. The van der Waals surface area contributed by atoms with E-state index in [1.54, 1.807) is 0 Å². The molecule has 0 unspecified atom stereocenters. The summed E-state index contributed by atoms with van der Waals surface area (Å²) in [6.07, 6.45) is 2.83. The molecule has 0 atom stereocenters. The fourth-order valence-electron chi connectivity index (χ4n) is 0.875. The van der Waals surface area contributed by atoms with Gasteiger partial charge in [-0.15, -0.1) is 0 Å². The van der Waals surface area contributed by atoms with Crippen molar-refractivity contribution in [2.24, 2.45) is 0 Å². The topological polar surface area (TPSA) is 3.24 Å².